The molecule has 21 heavy (non-hydrogen) atoms. The van der Waals surface area contributed by atoms with E-state index >= 15 is 0 Å². The molecule has 0 heterocycles. The minimum atomic E-state index is 0.0855. The third-order valence-electron chi connectivity index (χ3n) is 3.36. The highest BCUT2D eigenvalue weighted by Gasteiger charge is 2.13. The Morgan fingerprint density at radius 3 is 2.33 bits per heavy atom. The van der Waals surface area contributed by atoms with Crippen LogP contribution in [-0.4, -0.2) is 12.6 Å². The second-order valence-corrected chi connectivity index (χ2v) is 6.71. The molecule has 0 aliphatic rings. The predicted molar refractivity (Wildman–Crippen MR) is 92.5 cm³/mol. The third-order valence-corrected chi connectivity index (χ3v) is 3.60. The maximum Gasteiger partial charge on any atom is 0.0468 e. The van der Waals surface area contributed by atoms with Crippen molar-refractivity contribution >= 4 is 23.0 Å². The lowest BCUT2D eigenvalue weighted by Gasteiger charge is -2.26. The van der Waals surface area contributed by atoms with Gasteiger partial charge in [0.25, 0.3) is 0 Å². The number of benzene rings is 2. The summed E-state index contributed by atoms with van der Waals surface area (Å²) in [5, 5.41) is 4.29. The minimum absolute atomic E-state index is 0.0855. The summed E-state index contributed by atoms with van der Waals surface area (Å²) in [6, 6.07) is 16.4. The largest absolute Gasteiger partial charge is 0.344 e. The van der Waals surface area contributed by atoms with Gasteiger partial charge in [0.15, 0.2) is 0 Å². The summed E-state index contributed by atoms with van der Waals surface area (Å²) in [6.07, 6.45) is 0. The molecular formula is C18H23ClN2. The number of hydrogen-bond donors (Lipinski definition) is 1. The second-order valence-electron chi connectivity index (χ2n) is 6.27. The molecule has 0 bridgehead atoms. The first kappa shape index (κ1) is 15.9. The van der Waals surface area contributed by atoms with Crippen LogP contribution in [0.3, 0.4) is 0 Å². The molecule has 0 unspecified atom stereocenters. The van der Waals surface area contributed by atoms with Gasteiger partial charge in [-0.2, -0.15) is 0 Å². The van der Waals surface area contributed by atoms with Crippen LogP contribution in [0.15, 0.2) is 48.5 Å². The van der Waals surface area contributed by atoms with Crippen molar-refractivity contribution in [1.82, 2.24) is 5.32 Å². The van der Waals surface area contributed by atoms with E-state index in [0.29, 0.717) is 0 Å². The van der Waals surface area contributed by atoms with E-state index in [9.17, 15) is 0 Å². The predicted octanol–water partition coefficient (Wildman–Crippen LogP) is 5.00. The van der Waals surface area contributed by atoms with Gasteiger partial charge in [-0.3, -0.25) is 0 Å². The fraction of sp³-hybridized carbons (Fsp3) is 0.333. The first-order valence-electron chi connectivity index (χ1n) is 7.19. The van der Waals surface area contributed by atoms with Gasteiger partial charge in [0, 0.05) is 35.5 Å². The fourth-order valence-electron chi connectivity index (χ4n) is 2.15. The summed E-state index contributed by atoms with van der Waals surface area (Å²) in [6.45, 7) is 7.32. The second kappa shape index (κ2) is 6.50. The smallest absolute Gasteiger partial charge is 0.0468 e. The highest BCUT2D eigenvalue weighted by Crippen LogP contribution is 2.30. The van der Waals surface area contributed by atoms with Gasteiger partial charge in [-0.05, 0) is 50.6 Å². The van der Waals surface area contributed by atoms with Crippen LogP contribution in [0.25, 0.3) is 0 Å². The molecule has 2 aromatic carbocycles. The number of nitrogens with zero attached hydrogens (tertiary/aromatic N) is 1. The van der Waals surface area contributed by atoms with Crippen LogP contribution in [0.5, 0.6) is 0 Å². The van der Waals surface area contributed by atoms with Crippen molar-refractivity contribution in [2.75, 3.05) is 11.9 Å². The summed E-state index contributed by atoms with van der Waals surface area (Å²) in [5.41, 5.74) is 3.60. The lowest BCUT2D eigenvalue weighted by atomic mass is 10.1. The zero-order valence-electron chi connectivity index (χ0n) is 13.2. The molecule has 3 heteroatoms. The van der Waals surface area contributed by atoms with Crippen LogP contribution in [0.2, 0.25) is 5.02 Å². The molecule has 0 saturated carbocycles. The first-order valence-corrected chi connectivity index (χ1v) is 7.57. The summed E-state index contributed by atoms with van der Waals surface area (Å²) >= 11 is 6.19. The Morgan fingerprint density at radius 2 is 1.71 bits per heavy atom. The van der Waals surface area contributed by atoms with E-state index in [1.807, 2.05) is 30.3 Å². The van der Waals surface area contributed by atoms with Gasteiger partial charge in [-0.15, -0.1) is 0 Å². The SMILES string of the molecule is CN(c1ccccc1)c1cc(Cl)ccc1CNC(C)(C)C. The average Bonchev–Trinajstić information content (AvgIpc) is 2.45. The topological polar surface area (TPSA) is 15.3 Å². The molecule has 2 nitrogen and oxygen atoms in total. The van der Waals surface area contributed by atoms with Crippen LogP contribution >= 0.6 is 11.6 Å². The van der Waals surface area contributed by atoms with Gasteiger partial charge < -0.3 is 10.2 Å². The number of halogens is 1. The zero-order valence-corrected chi connectivity index (χ0v) is 13.9. The lowest BCUT2D eigenvalue weighted by molar-refractivity contribution is 0.424. The number of para-hydroxylation sites is 1. The van der Waals surface area contributed by atoms with Crippen molar-refractivity contribution in [2.24, 2.45) is 0 Å². The van der Waals surface area contributed by atoms with Gasteiger partial charge in [0.05, 0.1) is 0 Å². The molecule has 1 N–H and O–H groups in total. The molecular weight excluding hydrogens is 280 g/mol. The van der Waals surface area contributed by atoms with E-state index in [4.69, 9.17) is 11.6 Å². The number of nitrogens with one attached hydrogen (secondary N) is 1. The van der Waals surface area contributed by atoms with Gasteiger partial charge in [0.1, 0.15) is 0 Å². The third kappa shape index (κ3) is 4.48. The van der Waals surface area contributed by atoms with Crippen molar-refractivity contribution in [2.45, 2.75) is 32.9 Å². The van der Waals surface area contributed by atoms with Crippen LogP contribution < -0.4 is 10.2 Å². The van der Waals surface area contributed by atoms with Gasteiger partial charge >= 0.3 is 0 Å². The Kier molecular flexibility index (Phi) is 4.92. The van der Waals surface area contributed by atoms with E-state index in [1.165, 1.54) is 5.56 Å². The van der Waals surface area contributed by atoms with Crippen LogP contribution in [0.4, 0.5) is 11.4 Å². The molecule has 0 aliphatic heterocycles. The molecule has 0 aromatic heterocycles. The molecule has 0 spiro atoms. The molecule has 0 amide bonds. The standard InChI is InChI=1S/C18H23ClN2/c1-18(2,3)20-13-14-10-11-15(19)12-17(14)21(4)16-8-6-5-7-9-16/h5-12,20H,13H2,1-4H3. The summed E-state index contributed by atoms with van der Waals surface area (Å²) in [7, 11) is 2.07. The van der Waals surface area contributed by atoms with Crippen molar-refractivity contribution in [3.05, 3.63) is 59.1 Å². The molecule has 0 saturated heterocycles. The Morgan fingerprint density at radius 1 is 1.05 bits per heavy atom. The van der Waals surface area contributed by atoms with E-state index in [0.717, 1.165) is 22.9 Å². The quantitative estimate of drug-likeness (QED) is 0.855. The van der Waals surface area contributed by atoms with Crippen LogP contribution in [0.1, 0.15) is 26.3 Å². The van der Waals surface area contributed by atoms with Gasteiger partial charge in [0.2, 0.25) is 0 Å². The number of hydrogen-bond acceptors (Lipinski definition) is 2. The summed E-state index contributed by atoms with van der Waals surface area (Å²) < 4.78 is 0. The number of rotatable bonds is 4. The van der Waals surface area contributed by atoms with E-state index < -0.39 is 0 Å². The average molecular weight is 303 g/mol. The Bertz CT molecular complexity index is 588. The Hall–Kier alpha value is -1.51. The van der Waals surface area contributed by atoms with E-state index in [1.54, 1.807) is 0 Å². The van der Waals surface area contributed by atoms with Crippen LogP contribution in [0, 0.1) is 0 Å². The fourth-order valence-corrected chi connectivity index (χ4v) is 2.32. The Labute approximate surface area is 132 Å². The molecule has 0 atom stereocenters. The van der Waals surface area contributed by atoms with Gasteiger partial charge in [-0.1, -0.05) is 35.9 Å². The normalized spacial score (nSPS) is 11.5. The molecule has 112 valence electrons. The maximum atomic E-state index is 6.19. The highest BCUT2D eigenvalue weighted by atomic mass is 35.5. The summed E-state index contributed by atoms with van der Waals surface area (Å²) in [4.78, 5) is 2.17. The number of anilines is 2. The molecule has 0 aliphatic carbocycles. The Balaban J connectivity index is 2.31. The molecule has 2 aromatic rings. The monoisotopic (exact) mass is 302 g/mol. The van der Waals surface area contributed by atoms with Gasteiger partial charge in [-0.25, -0.2) is 0 Å². The first-order chi connectivity index (χ1) is 9.87. The molecule has 0 fully saturated rings. The zero-order chi connectivity index (χ0) is 15.5. The van der Waals surface area contributed by atoms with Crippen molar-refractivity contribution in [3.8, 4) is 0 Å². The van der Waals surface area contributed by atoms with E-state index in [-0.39, 0.29) is 5.54 Å². The highest BCUT2D eigenvalue weighted by molar-refractivity contribution is 6.30. The van der Waals surface area contributed by atoms with E-state index in [2.05, 4.69) is 56.2 Å². The summed E-state index contributed by atoms with van der Waals surface area (Å²) in [5.74, 6) is 0. The van der Waals surface area contributed by atoms with Crippen molar-refractivity contribution < 1.29 is 0 Å². The van der Waals surface area contributed by atoms with Crippen LogP contribution in [-0.2, 0) is 6.54 Å². The minimum Gasteiger partial charge on any atom is -0.344 e. The molecule has 0 radical (unpaired) electrons. The van der Waals surface area contributed by atoms with Crippen molar-refractivity contribution in [3.63, 3.8) is 0 Å². The lowest BCUT2D eigenvalue weighted by Crippen LogP contribution is -2.35. The molecule has 2 rings (SSSR count). The maximum absolute atomic E-state index is 6.19. The van der Waals surface area contributed by atoms with Crippen molar-refractivity contribution in [1.29, 1.82) is 0 Å².